The van der Waals surface area contributed by atoms with Crippen LogP contribution in [0.15, 0.2) is 42.5 Å². The van der Waals surface area contributed by atoms with Crippen LogP contribution in [0.25, 0.3) is 0 Å². The van der Waals surface area contributed by atoms with E-state index in [4.69, 9.17) is 11.6 Å². The number of Topliss-reactive ketones (excluding diaryl/α,β-unsaturated/α-hetero) is 1. The molecule has 0 amide bonds. The summed E-state index contributed by atoms with van der Waals surface area (Å²) in [6.45, 7) is 0. The molecule has 17 heavy (non-hydrogen) atoms. The predicted molar refractivity (Wildman–Crippen MR) is 71.0 cm³/mol. The Kier molecular flexibility index (Phi) is 2.79. The summed E-state index contributed by atoms with van der Waals surface area (Å²) < 4.78 is 2.44. The Hall–Kier alpha value is -1.08. The van der Waals surface area contributed by atoms with Crippen molar-refractivity contribution >= 4 is 41.3 Å². The average Bonchev–Trinajstić information content (AvgIpc) is 2.46. The Morgan fingerprint density at radius 3 is 2.76 bits per heavy atom. The Morgan fingerprint density at radius 2 is 1.88 bits per heavy atom. The zero-order valence-corrected chi connectivity index (χ0v) is 11.4. The summed E-state index contributed by atoms with van der Waals surface area (Å²) in [6.07, 6.45) is 0.491. The molecule has 84 valence electrons. The summed E-state index contributed by atoms with van der Waals surface area (Å²) in [7, 11) is 0. The first-order valence-corrected chi connectivity index (χ1v) is 7.41. The number of rotatable bonds is 0. The monoisotopic (exact) mass is 308 g/mol. The summed E-state index contributed by atoms with van der Waals surface area (Å²) in [5.74, 6) is 0.175. The molecule has 0 atom stereocenters. The molecule has 3 rings (SSSR count). The van der Waals surface area contributed by atoms with E-state index in [1.54, 1.807) is 6.07 Å². The molecule has 0 N–H and O–H groups in total. The fraction of sp³-hybridized carbons (Fsp3) is 0.0714. The van der Waals surface area contributed by atoms with Crippen LogP contribution in [0.5, 0.6) is 0 Å². The van der Waals surface area contributed by atoms with Crippen LogP contribution in [0.1, 0.15) is 15.9 Å². The second-order valence-corrected chi connectivity index (χ2v) is 6.66. The van der Waals surface area contributed by atoms with Crippen molar-refractivity contribution in [2.24, 2.45) is 0 Å². The van der Waals surface area contributed by atoms with Gasteiger partial charge in [-0.05, 0) is 0 Å². The van der Waals surface area contributed by atoms with E-state index in [1.807, 2.05) is 30.3 Å². The number of carbonyl (C=O) groups excluding carboxylic acids is 1. The van der Waals surface area contributed by atoms with Crippen molar-refractivity contribution in [3.8, 4) is 0 Å². The Labute approximate surface area is 111 Å². The number of halogens is 1. The third kappa shape index (κ3) is 2.04. The molecule has 0 aliphatic carbocycles. The first kappa shape index (κ1) is 11.0. The SMILES string of the molecule is O=C1Cc2ccccc2[Se]c2ccc(Cl)cc21. The Morgan fingerprint density at radius 1 is 1.06 bits per heavy atom. The maximum atomic E-state index is 12.2. The molecule has 0 spiro atoms. The van der Waals surface area contributed by atoms with Crippen LogP contribution in [-0.4, -0.2) is 20.7 Å². The van der Waals surface area contributed by atoms with Crippen molar-refractivity contribution in [3.63, 3.8) is 0 Å². The third-order valence-corrected chi connectivity index (χ3v) is 5.53. The van der Waals surface area contributed by atoms with E-state index in [1.165, 1.54) is 4.46 Å². The van der Waals surface area contributed by atoms with Crippen LogP contribution in [0.2, 0.25) is 5.02 Å². The molecule has 0 saturated carbocycles. The van der Waals surface area contributed by atoms with E-state index in [0.717, 1.165) is 15.6 Å². The van der Waals surface area contributed by atoms with Gasteiger partial charge < -0.3 is 0 Å². The summed E-state index contributed by atoms with van der Waals surface area (Å²) in [5.41, 5.74) is 1.96. The molecule has 2 aromatic carbocycles. The topological polar surface area (TPSA) is 17.1 Å². The molecule has 2 aromatic rings. The van der Waals surface area contributed by atoms with E-state index in [-0.39, 0.29) is 20.7 Å². The number of fused-ring (bicyclic) bond motifs is 2. The predicted octanol–water partition coefficient (Wildman–Crippen LogP) is 1.73. The van der Waals surface area contributed by atoms with Gasteiger partial charge in [0.1, 0.15) is 0 Å². The van der Waals surface area contributed by atoms with Crippen molar-refractivity contribution in [2.45, 2.75) is 6.42 Å². The van der Waals surface area contributed by atoms with Gasteiger partial charge in [-0.25, -0.2) is 0 Å². The van der Waals surface area contributed by atoms with Gasteiger partial charge in [0.2, 0.25) is 0 Å². The van der Waals surface area contributed by atoms with E-state index >= 15 is 0 Å². The fourth-order valence-electron chi connectivity index (χ4n) is 1.95. The molecule has 1 aliphatic rings. The van der Waals surface area contributed by atoms with Crippen LogP contribution < -0.4 is 8.92 Å². The normalized spacial score (nSPS) is 13.8. The number of hydrogen-bond acceptors (Lipinski definition) is 1. The van der Waals surface area contributed by atoms with Crippen molar-refractivity contribution < 1.29 is 4.79 Å². The van der Waals surface area contributed by atoms with Gasteiger partial charge in [-0.2, -0.15) is 0 Å². The fourth-order valence-corrected chi connectivity index (χ4v) is 4.37. The Balaban J connectivity index is 2.17. The Bertz CT molecular complexity index is 607. The third-order valence-electron chi connectivity index (χ3n) is 2.79. The van der Waals surface area contributed by atoms with Crippen molar-refractivity contribution in [2.75, 3.05) is 0 Å². The van der Waals surface area contributed by atoms with Crippen molar-refractivity contribution in [1.82, 2.24) is 0 Å². The maximum absolute atomic E-state index is 12.2. The molecule has 0 bridgehead atoms. The number of ketones is 1. The number of carbonyl (C=O) groups is 1. The van der Waals surface area contributed by atoms with E-state index in [0.29, 0.717) is 11.4 Å². The van der Waals surface area contributed by atoms with Crippen molar-refractivity contribution in [1.29, 1.82) is 0 Å². The minimum atomic E-state index is 0.175. The van der Waals surface area contributed by atoms with Gasteiger partial charge in [-0.3, -0.25) is 0 Å². The van der Waals surface area contributed by atoms with Crippen LogP contribution in [0, 0.1) is 0 Å². The number of hydrogen-bond donors (Lipinski definition) is 0. The quantitative estimate of drug-likeness (QED) is 0.678. The molecule has 1 heterocycles. The summed E-state index contributed by atoms with van der Waals surface area (Å²) in [4.78, 5) is 12.2. The molecule has 1 aliphatic heterocycles. The molecule has 0 unspecified atom stereocenters. The molecule has 1 nitrogen and oxygen atoms in total. The van der Waals surface area contributed by atoms with Gasteiger partial charge in [0.05, 0.1) is 0 Å². The molecule has 0 fully saturated rings. The van der Waals surface area contributed by atoms with Gasteiger partial charge in [-0.15, -0.1) is 0 Å². The standard InChI is InChI=1S/C14H9ClOSe/c15-10-5-6-14-11(8-10)12(16)7-9-3-1-2-4-13(9)17-14/h1-6,8H,7H2. The number of benzene rings is 2. The second kappa shape index (κ2) is 4.30. The molecular formula is C14H9ClOSe. The van der Waals surface area contributed by atoms with Gasteiger partial charge in [0.25, 0.3) is 0 Å². The van der Waals surface area contributed by atoms with Crippen LogP contribution >= 0.6 is 11.6 Å². The molecular weight excluding hydrogens is 299 g/mol. The van der Waals surface area contributed by atoms with Crippen molar-refractivity contribution in [3.05, 3.63) is 58.6 Å². The van der Waals surface area contributed by atoms with Gasteiger partial charge in [0.15, 0.2) is 0 Å². The molecule has 0 radical (unpaired) electrons. The summed E-state index contributed by atoms with van der Waals surface area (Å²) >= 11 is 6.16. The average molecular weight is 308 g/mol. The molecule has 3 heteroatoms. The summed E-state index contributed by atoms with van der Waals surface area (Å²) in [6, 6.07) is 13.8. The summed E-state index contributed by atoms with van der Waals surface area (Å²) in [5, 5.41) is 0.638. The van der Waals surface area contributed by atoms with Crippen LogP contribution in [-0.2, 0) is 6.42 Å². The molecule has 0 aromatic heterocycles. The van der Waals surface area contributed by atoms with E-state index in [9.17, 15) is 4.79 Å². The second-order valence-electron chi connectivity index (χ2n) is 3.95. The first-order valence-electron chi connectivity index (χ1n) is 5.32. The molecule has 0 saturated heterocycles. The van der Waals surface area contributed by atoms with Gasteiger partial charge in [0, 0.05) is 0 Å². The van der Waals surface area contributed by atoms with Gasteiger partial charge >= 0.3 is 111 Å². The van der Waals surface area contributed by atoms with Crippen LogP contribution in [0.3, 0.4) is 0 Å². The van der Waals surface area contributed by atoms with Gasteiger partial charge in [-0.1, -0.05) is 0 Å². The zero-order valence-electron chi connectivity index (χ0n) is 8.94. The first-order chi connectivity index (χ1) is 8.24. The van der Waals surface area contributed by atoms with E-state index in [2.05, 4.69) is 6.07 Å². The zero-order chi connectivity index (χ0) is 11.8. The van der Waals surface area contributed by atoms with E-state index < -0.39 is 0 Å². The van der Waals surface area contributed by atoms with Crippen LogP contribution in [0.4, 0.5) is 0 Å². The minimum absolute atomic E-state index is 0.175.